The molecule has 1 radical (unpaired) electrons. The van der Waals surface area contributed by atoms with Gasteiger partial charge < -0.3 is 4.74 Å². The Morgan fingerprint density at radius 1 is 1.16 bits per heavy atom. The highest BCUT2D eigenvalue weighted by molar-refractivity contribution is 5.53. The van der Waals surface area contributed by atoms with Gasteiger partial charge in [-0.2, -0.15) is 0 Å². The zero-order valence-corrected chi connectivity index (χ0v) is 10.8. The molecule has 0 N–H and O–H groups in total. The summed E-state index contributed by atoms with van der Waals surface area (Å²) in [6.07, 6.45) is 0. The molecule has 0 aromatic heterocycles. The van der Waals surface area contributed by atoms with Crippen LogP contribution in [0.5, 0.6) is 11.5 Å². The Labute approximate surface area is 111 Å². The second kappa shape index (κ2) is 5.10. The van der Waals surface area contributed by atoms with Crippen LogP contribution in [-0.2, 0) is 0 Å². The van der Waals surface area contributed by atoms with Crippen LogP contribution in [-0.4, -0.2) is 4.92 Å². The molecule has 97 valence electrons. The molecule has 19 heavy (non-hydrogen) atoms. The third kappa shape index (κ3) is 2.73. The SMILES string of the molecule is [CH2]c1ccc([N+](=O)[O-])c(Oc2c(C)cccc2C)c1. The minimum atomic E-state index is -0.456. The molecule has 0 amide bonds. The Balaban J connectivity index is 2.49. The maximum Gasteiger partial charge on any atom is 0.311 e. The summed E-state index contributed by atoms with van der Waals surface area (Å²) in [6, 6.07) is 10.3. The topological polar surface area (TPSA) is 52.4 Å². The Kier molecular flexibility index (Phi) is 3.51. The molecule has 0 saturated carbocycles. The van der Waals surface area contributed by atoms with Crippen LogP contribution in [0, 0.1) is 30.9 Å². The van der Waals surface area contributed by atoms with Crippen LogP contribution in [0.4, 0.5) is 5.69 Å². The average molecular weight is 256 g/mol. The van der Waals surface area contributed by atoms with E-state index in [1.54, 1.807) is 12.1 Å². The Morgan fingerprint density at radius 3 is 2.37 bits per heavy atom. The van der Waals surface area contributed by atoms with Crippen molar-refractivity contribution in [2.75, 3.05) is 0 Å². The van der Waals surface area contributed by atoms with Crippen molar-refractivity contribution < 1.29 is 9.66 Å². The molecular formula is C15H14NO3. The fourth-order valence-electron chi connectivity index (χ4n) is 1.86. The molecule has 0 spiro atoms. The zero-order valence-electron chi connectivity index (χ0n) is 10.8. The van der Waals surface area contributed by atoms with Crippen molar-refractivity contribution in [3.8, 4) is 11.5 Å². The van der Waals surface area contributed by atoms with Crippen molar-refractivity contribution in [3.05, 3.63) is 70.1 Å². The van der Waals surface area contributed by atoms with Gasteiger partial charge in [-0.1, -0.05) is 24.3 Å². The average Bonchev–Trinajstić information content (AvgIpc) is 2.33. The molecule has 0 bridgehead atoms. The molecule has 0 atom stereocenters. The van der Waals surface area contributed by atoms with Gasteiger partial charge >= 0.3 is 5.69 Å². The predicted molar refractivity (Wildman–Crippen MR) is 73.5 cm³/mol. The van der Waals surface area contributed by atoms with E-state index in [-0.39, 0.29) is 11.4 Å². The van der Waals surface area contributed by atoms with E-state index < -0.39 is 4.92 Å². The van der Waals surface area contributed by atoms with Gasteiger partial charge in [-0.15, -0.1) is 0 Å². The normalized spacial score (nSPS) is 10.3. The highest BCUT2D eigenvalue weighted by atomic mass is 16.6. The largest absolute Gasteiger partial charge is 0.450 e. The van der Waals surface area contributed by atoms with Crippen LogP contribution in [0.2, 0.25) is 0 Å². The predicted octanol–water partition coefficient (Wildman–Crippen LogP) is 4.19. The van der Waals surface area contributed by atoms with Gasteiger partial charge in [-0.25, -0.2) is 0 Å². The maximum absolute atomic E-state index is 11.0. The van der Waals surface area contributed by atoms with Gasteiger partial charge in [-0.05, 0) is 43.5 Å². The van der Waals surface area contributed by atoms with Crippen LogP contribution < -0.4 is 4.74 Å². The molecule has 4 heteroatoms. The van der Waals surface area contributed by atoms with Crippen LogP contribution >= 0.6 is 0 Å². The summed E-state index contributed by atoms with van der Waals surface area (Å²) in [5, 5.41) is 11.0. The molecule has 2 aromatic rings. The number of hydrogen-bond acceptors (Lipinski definition) is 3. The summed E-state index contributed by atoms with van der Waals surface area (Å²) in [6.45, 7) is 7.58. The maximum atomic E-state index is 11.0. The summed E-state index contributed by atoms with van der Waals surface area (Å²) in [7, 11) is 0. The lowest BCUT2D eigenvalue weighted by atomic mass is 10.1. The number of nitro benzene ring substituents is 1. The molecule has 0 saturated heterocycles. The summed E-state index contributed by atoms with van der Waals surface area (Å²) in [5.41, 5.74) is 2.48. The molecule has 0 heterocycles. The molecule has 4 nitrogen and oxygen atoms in total. The van der Waals surface area contributed by atoms with Gasteiger partial charge in [0.15, 0.2) is 0 Å². The van der Waals surface area contributed by atoms with E-state index >= 15 is 0 Å². The summed E-state index contributed by atoms with van der Waals surface area (Å²) in [5.74, 6) is 0.867. The molecule has 2 aromatic carbocycles. The first-order valence-corrected chi connectivity index (χ1v) is 5.83. The summed E-state index contributed by atoms with van der Waals surface area (Å²) in [4.78, 5) is 10.5. The van der Waals surface area contributed by atoms with Crippen molar-refractivity contribution in [1.82, 2.24) is 0 Å². The van der Waals surface area contributed by atoms with E-state index in [4.69, 9.17) is 4.74 Å². The lowest BCUT2D eigenvalue weighted by molar-refractivity contribution is -0.385. The van der Waals surface area contributed by atoms with Crippen molar-refractivity contribution in [3.63, 3.8) is 0 Å². The first-order valence-electron chi connectivity index (χ1n) is 5.83. The van der Waals surface area contributed by atoms with Crippen molar-refractivity contribution in [1.29, 1.82) is 0 Å². The summed E-state index contributed by atoms with van der Waals surface area (Å²) < 4.78 is 5.73. The third-order valence-corrected chi connectivity index (χ3v) is 2.84. The number of rotatable bonds is 3. The second-order valence-corrected chi connectivity index (χ2v) is 4.38. The van der Waals surface area contributed by atoms with Gasteiger partial charge in [0.1, 0.15) is 5.75 Å². The first kappa shape index (κ1) is 13.1. The molecular weight excluding hydrogens is 242 g/mol. The molecule has 0 aliphatic rings. The second-order valence-electron chi connectivity index (χ2n) is 4.38. The van der Waals surface area contributed by atoms with Crippen LogP contribution in [0.3, 0.4) is 0 Å². The van der Waals surface area contributed by atoms with E-state index in [0.717, 1.165) is 11.1 Å². The molecule has 2 rings (SSSR count). The minimum Gasteiger partial charge on any atom is -0.450 e. The van der Waals surface area contributed by atoms with Crippen molar-refractivity contribution in [2.24, 2.45) is 0 Å². The van der Waals surface area contributed by atoms with Crippen LogP contribution in [0.15, 0.2) is 36.4 Å². The number of nitrogens with zero attached hydrogens (tertiary/aromatic N) is 1. The van der Waals surface area contributed by atoms with Crippen LogP contribution in [0.25, 0.3) is 0 Å². The van der Waals surface area contributed by atoms with E-state index in [1.165, 1.54) is 6.07 Å². The molecule has 0 aliphatic heterocycles. The number of para-hydroxylation sites is 1. The Hall–Kier alpha value is -2.36. The minimum absolute atomic E-state index is 0.0601. The van der Waals surface area contributed by atoms with Crippen molar-refractivity contribution in [2.45, 2.75) is 13.8 Å². The quantitative estimate of drug-likeness (QED) is 0.611. The lowest BCUT2D eigenvalue weighted by Crippen LogP contribution is -1.96. The number of nitro groups is 1. The lowest BCUT2D eigenvalue weighted by Gasteiger charge is -2.12. The Morgan fingerprint density at radius 2 is 1.79 bits per heavy atom. The van der Waals surface area contributed by atoms with Crippen molar-refractivity contribution >= 4 is 5.69 Å². The number of ether oxygens (including phenoxy) is 1. The van der Waals surface area contributed by atoms with Gasteiger partial charge in [-0.3, -0.25) is 10.1 Å². The zero-order chi connectivity index (χ0) is 14.0. The van der Waals surface area contributed by atoms with Gasteiger partial charge in [0.25, 0.3) is 0 Å². The van der Waals surface area contributed by atoms with Crippen LogP contribution in [0.1, 0.15) is 16.7 Å². The highest BCUT2D eigenvalue weighted by Crippen LogP contribution is 2.35. The molecule has 0 aliphatic carbocycles. The number of benzene rings is 2. The smallest absolute Gasteiger partial charge is 0.311 e. The fraction of sp³-hybridized carbons (Fsp3) is 0.133. The van der Waals surface area contributed by atoms with Gasteiger partial charge in [0.2, 0.25) is 5.75 Å². The first-order chi connectivity index (χ1) is 8.99. The fourth-order valence-corrected chi connectivity index (χ4v) is 1.86. The highest BCUT2D eigenvalue weighted by Gasteiger charge is 2.17. The van der Waals surface area contributed by atoms with Gasteiger partial charge in [0, 0.05) is 6.07 Å². The molecule has 0 unspecified atom stereocenters. The number of hydrogen-bond donors (Lipinski definition) is 0. The summed E-state index contributed by atoms with van der Waals surface area (Å²) >= 11 is 0. The van der Waals surface area contributed by atoms with E-state index in [9.17, 15) is 10.1 Å². The standard InChI is InChI=1S/C15H14NO3/c1-10-7-8-13(16(17)18)14(9-10)19-15-11(2)5-4-6-12(15)3/h4-9H,1H2,2-3H3. The van der Waals surface area contributed by atoms with E-state index in [0.29, 0.717) is 11.3 Å². The van der Waals surface area contributed by atoms with Gasteiger partial charge in [0.05, 0.1) is 4.92 Å². The number of aryl methyl sites for hydroxylation is 2. The monoisotopic (exact) mass is 256 g/mol. The molecule has 0 fully saturated rings. The van der Waals surface area contributed by atoms with E-state index in [1.807, 2.05) is 32.0 Å². The Bertz CT molecular complexity index is 615. The third-order valence-electron chi connectivity index (χ3n) is 2.84. The van der Waals surface area contributed by atoms with E-state index in [2.05, 4.69) is 6.92 Å².